The summed E-state index contributed by atoms with van der Waals surface area (Å²) in [6.07, 6.45) is 0.752. The molecule has 6 nitrogen and oxygen atoms in total. The molecule has 1 N–H and O–H groups in total. The number of aromatic nitrogens is 1. The molecule has 0 unspecified atom stereocenters. The third-order valence-corrected chi connectivity index (χ3v) is 7.43. The number of benzene rings is 2. The largest absolute Gasteiger partial charge is 0.494 e. The van der Waals surface area contributed by atoms with Crippen LogP contribution in [0.5, 0.6) is 5.75 Å². The van der Waals surface area contributed by atoms with E-state index in [1.807, 2.05) is 24.3 Å². The maximum Gasteiger partial charge on any atom is 0.263 e. The third kappa shape index (κ3) is 2.88. The number of thioether (sulfide) groups is 1. The Morgan fingerprint density at radius 1 is 1.30 bits per heavy atom. The van der Waals surface area contributed by atoms with Crippen molar-refractivity contribution in [3.8, 4) is 17.0 Å². The number of thiazole rings is 1. The zero-order valence-electron chi connectivity index (χ0n) is 15.8. The van der Waals surface area contributed by atoms with Gasteiger partial charge in [-0.1, -0.05) is 23.9 Å². The molecule has 2 aliphatic rings. The molecular formula is C21H16FN3O3S2. The van der Waals surface area contributed by atoms with E-state index in [0.717, 1.165) is 10.6 Å². The van der Waals surface area contributed by atoms with Crippen LogP contribution in [-0.4, -0.2) is 28.8 Å². The Labute approximate surface area is 180 Å². The number of hydrogen-bond acceptors (Lipinski definition) is 6. The lowest BCUT2D eigenvalue weighted by atomic mass is 10.1. The quantitative estimate of drug-likeness (QED) is 0.644. The number of amides is 2. The van der Waals surface area contributed by atoms with E-state index in [0.29, 0.717) is 29.2 Å². The van der Waals surface area contributed by atoms with Crippen molar-refractivity contribution in [3.63, 3.8) is 0 Å². The molecule has 1 aromatic heterocycles. The first-order valence-corrected chi connectivity index (χ1v) is 10.9. The number of carbonyl (C=O) groups is 2. The fourth-order valence-electron chi connectivity index (χ4n) is 3.78. The minimum atomic E-state index is -1.00. The number of methoxy groups -OCH3 is 1. The first-order valence-electron chi connectivity index (χ1n) is 9.24. The van der Waals surface area contributed by atoms with Crippen molar-refractivity contribution in [2.75, 3.05) is 17.3 Å². The zero-order valence-corrected chi connectivity index (χ0v) is 17.5. The van der Waals surface area contributed by atoms with Gasteiger partial charge >= 0.3 is 0 Å². The highest BCUT2D eigenvalue weighted by Crippen LogP contribution is 2.56. The molecule has 1 fully saturated rings. The van der Waals surface area contributed by atoms with Gasteiger partial charge in [-0.05, 0) is 36.8 Å². The highest BCUT2D eigenvalue weighted by Gasteiger charge is 2.57. The third-order valence-electron chi connectivity index (χ3n) is 5.20. The number of rotatable bonds is 4. The predicted molar refractivity (Wildman–Crippen MR) is 114 cm³/mol. The summed E-state index contributed by atoms with van der Waals surface area (Å²) < 4.78 is 19.0. The maximum atomic E-state index is 14.0. The lowest BCUT2D eigenvalue weighted by Gasteiger charge is -2.29. The average Bonchev–Trinajstić information content (AvgIpc) is 3.42. The Balaban J connectivity index is 1.40. The van der Waals surface area contributed by atoms with Gasteiger partial charge in [-0.3, -0.25) is 19.8 Å². The molecule has 0 spiro atoms. The summed E-state index contributed by atoms with van der Waals surface area (Å²) in [6, 6.07) is 12.1. The lowest BCUT2D eigenvalue weighted by molar-refractivity contribution is -0.121. The number of hydrogen-bond donors (Lipinski definition) is 1. The van der Waals surface area contributed by atoms with E-state index in [9.17, 15) is 14.0 Å². The van der Waals surface area contributed by atoms with E-state index in [-0.39, 0.29) is 17.6 Å². The van der Waals surface area contributed by atoms with Gasteiger partial charge in [-0.2, -0.15) is 0 Å². The molecule has 0 saturated carbocycles. The summed E-state index contributed by atoms with van der Waals surface area (Å²) in [5.74, 6) is -0.661. The molecule has 2 aromatic carbocycles. The lowest BCUT2D eigenvalue weighted by Crippen LogP contribution is -2.49. The normalized spacial score (nSPS) is 19.5. The summed E-state index contributed by atoms with van der Waals surface area (Å²) in [7, 11) is 1.41. The van der Waals surface area contributed by atoms with Crippen LogP contribution >= 0.6 is 23.1 Å². The molecule has 0 bridgehead atoms. The second-order valence-electron chi connectivity index (χ2n) is 6.92. The number of carbonyl (C=O) groups excluding carboxylic acids is 2. The summed E-state index contributed by atoms with van der Waals surface area (Å²) in [6.45, 7) is 0. The van der Waals surface area contributed by atoms with Gasteiger partial charge in [0.1, 0.15) is 0 Å². The number of halogens is 1. The topological polar surface area (TPSA) is 71.5 Å². The van der Waals surface area contributed by atoms with E-state index in [4.69, 9.17) is 4.74 Å². The zero-order chi connectivity index (χ0) is 20.9. The van der Waals surface area contributed by atoms with Crippen molar-refractivity contribution in [1.29, 1.82) is 0 Å². The Bertz CT molecular complexity index is 1180. The van der Waals surface area contributed by atoms with Crippen LogP contribution < -0.4 is 15.0 Å². The molecule has 1 atom stereocenters. The standard InChI is InChI=1S/C21H16FN3O3S2/c1-28-16-7-6-12(10-13(16)22)14-11-29-20(23-14)24-19(27)21-9-8-18(26)25(21)15-4-2-3-5-17(15)30-21/h2-7,10-11H,8-9H2,1H3,(H,23,24,27)/t21-/m0/s1. The summed E-state index contributed by atoms with van der Waals surface area (Å²) >= 11 is 2.65. The van der Waals surface area contributed by atoms with E-state index >= 15 is 0 Å². The van der Waals surface area contributed by atoms with Gasteiger partial charge in [0.15, 0.2) is 21.6 Å². The van der Waals surface area contributed by atoms with Gasteiger partial charge < -0.3 is 4.74 Å². The van der Waals surface area contributed by atoms with Crippen molar-refractivity contribution in [2.24, 2.45) is 0 Å². The summed E-state index contributed by atoms with van der Waals surface area (Å²) in [5.41, 5.74) is 1.91. The molecule has 0 radical (unpaired) electrons. The molecule has 2 aliphatic heterocycles. The molecule has 9 heteroatoms. The Morgan fingerprint density at radius 3 is 2.93 bits per heavy atom. The molecule has 1 saturated heterocycles. The Hall–Kier alpha value is -2.91. The Kier molecular flexibility index (Phi) is 4.52. The predicted octanol–water partition coefficient (Wildman–Crippen LogP) is 4.53. The molecule has 3 aromatic rings. The molecule has 30 heavy (non-hydrogen) atoms. The number of fused-ring (bicyclic) bond motifs is 3. The number of nitrogens with zero attached hydrogens (tertiary/aromatic N) is 2. The van der Waals surface area contributed by atoms with E-state index in [2.05, 4.69) is 10.3 Å². The van der Waals surface area contributed by atoms with Gasteiger partial charge in [0.25, 0.3) is 5.91 Å². The molecule has 152 valence electrons. The minimum Gasteiger partial charge on any atom is -0.494 e. The van der Waals surface area contributed by atoms with Gasteiger partial charge in [0.2, 0.25) is 5.91 Å². The summed E-state index contributed by atoms with van der Waals surface area (Å²) in [5, 5.41) is 5.02. The molecule has 2 amide bonds. The van der Waals surface area contributed by atoms with Crippen LogP contribution in [0, 0.1) is 5.82 Å². The fourth-order valence-corrected chi connectivity index (χ4v) is 5.91. The van der Waals surface area contributed by atoms with Crippen LogP contribution in [0.3, 0.4) is 0 Å². The van der Waals surface area contributed by atoms with Crippen molar-refractivity contribution in [2.45, 2.75) is 22.6 Å². The smallest absolute Gasteiger partial charge is 0.263 e. The van der Waals surface area contributed by atoms with Crippen molar-refractivity contribution < 1.29 is 18.7 Å². The van der Waals surface area contributed by atoms with Gasteiger partial charge in [-0.25, -0.2) is 9.37 Å². The van der Waals surface area contributed by atoms with Crippen LogP contribution in [0.4, 0.5) is 15.2 Å². The fraction of sp³-hybridized carbons (Fsp3) is 0.190. The minimum absolute atomic E-state index is 0.0591. The van der Waals surface area contributed by atoms with Crippen LogP contribution in [-0.2, 0) is 9.59 Å². The molecular weight excluding hydrogens is 425 g/mol. The second kappa shape index (κ2) is 7.10. The monoisotopic (exact) mass is 441 g/mol. The van der Waals surface area contributed by atoms with Crippen LogP contribution in [0.15, 0.2) is 52.7 Å². The van der Waals surface area contributed by atoms with E-state index in [1.165, 1.54) is 42.3 Å². The Morgan fingerprint density at radius 2 is 2.13 bits per heavy atom. The highest BCUT2D eigenvalue weighted by molar-refractivity contribution is 8.02. The van der Waals surface area contributed by atoms with Crippen LogP contribution in [0.1, 0.15) is 12.8 Å². The number of para-hydroxylation sites is 1. The molecule has 5 rings (SSSR count). The number of anilines is 2. The number of nitrogens with one attached hydrogen (secondary N) is 1. The van der Waals surface area contributed by atoms with Gasteiger partial charge in [-0.15, -0.1) is 11.3 Å². The summed E-state index contributed by atoms with van der Waals surface area (Å²) in [4.78, 5) is 31.8. The van der Waals surface area contributed by atoms with Crippen LogP contribution in [0.2, 0.25) is 0 Å². The molecule has 3 heterocycles. The van der Waals surface area contributed by atoms with Crippen molar-refractivity contribution in [3.05, 3.63) is 53.7 Å². The van der Waals surface area contributed by atoms with E-state index in [1.54, 1.807) is 16.3 Å². The molecule has 0 aliphatic carbocycles. The van der Waals surface area contributed by atoms with Gasteiger partial charge in [0, 0.05) is 22.3 Å². The maximum absolute atomic E-state index is 14.0. The first-order chi connectivity index (χ1) is 14.5. The average molecular weight is 442 g/mol. The van der Waals surface area contributed by atoms with Crippen molar-refractivity contribution in [1.82, 2.24) is 4.98 Å². The number of ether oxygens (including phenoxy) is 1. The van der Waals surface area contributed by atoms with Crippen LogP contribution in [0.25, 0.3) is 11.3 Å². The van der Waals surface area contributed by atoms with Crippen molar-refractivity contribution >= 4 is 45.7 Å². The van der Waals surface area contributed by atoms with E-state index < -0.39 is 10.7 Å². The highest BCUT2D eigenvalue weighted by atomic mass is 32.2. The second-order valence-corrected chi connectivity index (χ2v) is 9.10. The SMILES string of the molecule is COc1ccc(-c2csc(NC(=O)[C@@]34CCC(=O)N3c3ccccc3S4)n2)cc1F. The van der Waals surface area contributed by atoms with Gasteiger partial charge in [0.05, 0.1) is 18.5 Å². The first kappa shape index (κ1) is 19.1.